The molecule has 3 rings (SSSR count). The Balaban J connectivity index is 2.01. The van der Waals surface area contributed by atoms with Crippen molar-refractivity contribution in [2.45, 2.75) is 18.9 Å². The third-order valence-corrected chi connectivity index (χ3v) is 3.24. The summed E-state index contributed by atoms with van der Waals surface area (Å²) in [6, 6.07) is 3.77. The van der Waals surface area contributed by atoms with Gasteiger partial charge in [-0.3, -0.25) is 0 Å². The van der Waals surface area contributed by atoms with E-state index < -0.39 is 25.2 Å². The number of alkyl carbamates (subject to hydrolysis) is 1. The molecule has 1 aromatic heterocycles. The molecule has 5 heteroatoms. The van der Waals surface area contributed by atoms with E-state index in [0.29, 0.717) is 27.3 Å². The molecule has 1 aliphatic rings. The minimum Gasteiger partial charge on any atom is -0.447 e. The van der Waals surface area contributed by atoms with Gasteiger partial charge in [0.15, 0.2) is 2.82 Å². The molecule has 1 amide bonds. The Kier molecular flexibility index (Phi) is 2.16. The van der Waals surface area contributed by atoms with Crippen molar-refractivity contribution in [3.8, 4) is 0 Å². The van der Waals surface area contributed by atoms with Crippen LogP contribution < -0.4 is 5.31 Å². The van der Waals surface area contributed by atoms with Gasteiger partial charge in [0, 0.05) is 26.3 Å². The van der Waals surface area contributed by atoms with Gasteiger partial charge in [0.25, 0.3) is 0 Å². The third kappa shape index (κ3) is 3.19. The molecule has 0 bridgehead atoms. The van der Waals surface area contributed by atoms with Gasteiger partial charge in [-0.25, -0.2) is 4.79 Å². The van der Waals surface area contributed by atoms with Crippen LogP contribution in [0.2, 0.25) is 2.82 Å². The average Bonchev–Trinajstić information content (AvgIpc) is 2.93. The third-order valence-electron chi connectivity index (χ3n) is 3.24. The minimum absolute atomic E-state index is 0.00864. The highest BCUT2D eigenvalue weighted by molar-refractivity contribution is 5.84. The van der Waals surface area contributed by atoms with Crippen LogP contribution in [-0.4, -0.2) is 49.2 Å². The fourth-order valence-electron chi connectivity index (χ4n) is 2.22. The van der Waals surface area contributed by atoms with E-state index >= 15 is 0 Å². The smallest absolute Gasteiger partial charge is 0.407 e. The maximum absolute atomic E-state index is 11.5. The number of carbonyl (C=O) groups excluding carboxylic acids is 1. The Labute approximate surface area is 134 Å². The molecule has 5 nitrogen and oxygen atoms in total. The molecular formula is C16H21N3O2. The van der Waals surface area contributed by atoms with Gasteiger partial charge in [0.1, 0.15) is 6.56 Å². The van der Waals surface area contributed by atoms with Crippen LogP contribution in [-0.2, 0) is 17.6 Å². The number of rotatable bonds is 5. The molecule has 0 spiro atoms. The van der Waals surface area contributed by atoms with E-state index in [2.05, 4.69) is 4.74 Å². The number of ether oxygens (including phenoxy) is 1. The molecule has 0 saturated carbocycles. The predicted octanol–water partition coefficient (Wildman–Crippen LogP) is 1.92. The van der Waals surface area contributed by atoms with Crippen LogP contribution in [0.5, 0.6) is 0 Å². The number of amides is 1. The summed E-state index contributed by atoms with van der Waals surface area (Å²) in [5.74, 6) is 0. The van der Waals surface area contributed by atoms with Crippen LogP contribution in [0.4, 0.5) is 4.79 Å². The van der Waals surface area contributed by atoms with Gasteiger partial charge in [-0.15, -0.1) is 0 Å². The molecule has 1 saturated heterocycles. The second-order valence-electron chi connectivity index (χ2n) is 5.12. The average molecular weight is 294 g/mol. The molecule has 0 aliphatic carbocycles. The van der Waals surface area contributed by atoms with Gasteiger partial charge >= 0.3 is 6.09 Å². The van der Waals surface area contributed by atoms with Gasteiger partial charge in [-0.05, 0) is 50.2 Å². The van der Waals surface area contributed by atoms with Crippen molar-refractivity contribution in [1.29, 1.82) is 0 Å². The van der Waals surface area contributed by atoms with Gasteiger partial charge in [0.05, 0.1) is 10.2 Å². The molecule has 2 aromatic rings. The Bertz CT molecular complexity index is 929. The standard InChI is InChI=1S/C16H21N3O2/c1-19(2)6-5-12-9-17-15-4-3-11(8-14(12)15)7-13-10-21-16(20)18-13/h3-4,8-9,13,17H,5-7,10H2,1-2H3,(H,18,20)/t13-/m0/s1/i6D2,9D,10D2/hD2. The molecule has 1 fully saturated rings. The zero-order valence-corrected chi connectivity index (χ0v) is 11.9. The number of nitrogens with zero attached hydrogens (tertiary/aromatic N) is 1. The van der Waals surface area contributed by atoms with E-state index in [-0.39, 0.29) is 19.0 Å². The fourth-order valence-corrected chi connectivity index (χ4v) is 2.22. The Hall–Kier alpha value is -2.01. The number of fused-ring (bicyclic) bond motifs is 1. The monoisotopic (exact) mass is 294 g/mol. The van der Waals surface area contributed by atoms with E-state index in [1.54, 1.807) is 32.3 Å². The number of hydrogen-bond donors (Lipinski definition) is 2. The summed E-state index contributed by atoms with van der Waals surface area (Å²) in [6.45, 7) is -4.03. The number of aromatic amines is 1. The van der Waals surface area contributed by atoms with Crippen molar-refractivity contribution >= 4 is 17.0 Å². The van der Waals surface area contributed by atoms with E-state index in [9.17, 15) is 4.79 Å². The molecule has 21 heavy (non-hydrogen) atoms. The van der Waals surface area contributed by atoms with Gasteiger partial charge in [-0.2, -0.15) is 0 Å². The first-order valence-electron chi connectivity index (χ1n) is 10.0. The summed E-state index contributed by atoms with van der Waals surface area (Å²) < 4.78 is 60.4. The van der Waals surface area contributed by atoms with Crippen LogP contribution >= 0.6 is 0 Å². The number of carbonyl (C=O) groups is 1. The van der Waals surface area contributed by atoms with Crippen molar-refractivity contribution in [2.75, 3.05) is 27.2 Å². The first-order valence-corrected chi connectivity index (χ1v) is 6.66. The highest BCUT2D eigenvalue weighted by Crippen LogP contribution is 2.21. The minimum atomic E-state index is -2.30. The largest absolute Gasteiger partial charge is 0.447 e. The Morgan fingerprint density at radius 2 is 2.48 bits per heavy atom. The van der Waals surface area contributed by atoms with E-state index in [4.69, 9.17) is 9.68 Å². The maximum Gasteiger partial charge on any atom is 0.407 e. The number of nitrogens with one attached hydrogen (secondary N) is 2. The normalized spacial score (nSPS) is 26.6. The first-order chi connectivity index (χ1) is 12.8. The van der Waals surface area contributed by atoms with E-state index in [0.717, 1.165) is 4.98 Å². The van der Waals surface area contributed by atoms with Crippen molar-refractivity contribution < 1.29 is 19.2 Å². The summed E-state index contributed by atoms with van der Waals surface area (Å²) in [7, 11) is 3.19. The second kappa shape index (κ2) is 5.77. The SMILES string of the molecule is [2H]c1c(CC([2H])([2H])N(C)C)c2cc(C[C@@H]3N([2H])C(=O)OC3([2H])[2H])ccc2n1[2H]. The molecule has 1 aromatic carbocycles. The van der Waals surface area contributed by atoms with Gasteiger partial charge in [-0.1, -0.05) is 6.07 Å². The van der Waals surface area contributed by atoms with Crippen LogP contribution in [0, 0.1) is 0 Å². The quantitative estimate of drug-likeness (QED) is 0.886. The molecule has 0 unspecified atom stereocenters. The lowest BCUT2D eigenvalue weighted by Crippen LogP contribution is -2.28. The van der Waals surface area contributed by atoms with Crippen molar-refractivity contribution in [3.05, 3.63) is 35.5 Å². The molecule has 1 aliphatic heterocycles. The zero-order chi connectivity index (χ0) is 21.0. The summed E-state index contributed by atoms with van der Waals surface area (Å²) in [6.07, 6.45) is -1.26. The molecule has 0 radical (unpaired) electrons. The number of aryl methyl sites for hydroxylation is 1. The number of benzene rings is 1. The maximum atomic E-state index is 11.5. The topological polar surface area (TPSA) is 57.4 Å². The van der Waals surface area contributed by atoms with Crippen molar-refractivity contribution in [1.82, 2.24) is 15.2 Å². The lowest BCUT2D eigenvalue weighted by atomic mass is 10.0. The lowest BCUT2D eigenvalue weighted by molar-refractivity contribution is 0.177. The lowest BCUT2D eigenvalue weighted by Gasteiger charge is -2.09. The zero-order valence-electron chi connectivity index (χ0n) is 18.9. The van der Waals surface area contributed by atoms with Crippen molar-refractivity contribution in [2.24, 2.45) is 0 Å². The Morgan fingerprint density at radius 3 is 3.19 bits per heavy atom. The number of cyclic esters (lactones) is 1. The number of aromatic nitrogens is 1. The van der Waals surface area contributed by atoms with Gasteiger partial charge < -0.3 is 19.9 Å². The van der Waals surface area contributed by atoms with Gasteiger partial charge in [0.2, 0.25) is 0 Å². The molecule has 2 N–H and O–H groups in total. The highest BCUT2D eigenvalue weighted by Gasteiger charge is 2.22. The predicted molar refractivity (Wildman–Crippen MR) is 82.5 cm³/mol. The number of likely N-dealkylation sites (N-methyl/N-ethyl adjacent to an activating group) is 1. The molecule has 2 heterocycles. The van der Waals surface area contributed by atoms with Crippen LogP contribution in [0.3, 0.4) is 0 Å². The van der Waals surface area contributed by atoms with E-state index in [1.807, 2.05) is 0 Å². The number of hydrogen-bond acceptors (Lipinski definition) is 3. The van der Waals surface area contributed by atoms with Crippen molar-refractivity contribution in [3.63, 3.8) is 0 Å². The highest BCUT2D eigenvalue weighted by atomic mass is 16.6. The molecular weight excluding hydrogens is 266 g/mol. The molecule has 1 atom stereocenters. The summed E-state index contributed by atoms with van der Waals surface area (Å²) in [5, 5.41) is 0.993. The molecule has 112 valence electrons. The van der Waals surface area contributed by atoms with Crippen LogP contribution in [0.15, 0.2) is 24.4 Å². The summed E-state index contributed by atoms with van der Waals surface area (Å²) in [5.41, 5.74) is 1.40. The van der Waals surface area contributed by atoms with Crippen LogP contribution in [0.1, 0.15) is 18.0 Å². The first kappa shape index (κ1) is 7.84. The fraction of sp³-hybridized carbons (Fsp3) is 0.438. The van der Waals surface area contributed by atoms with Crippen LogP contribution in [0.25, 0.3) is 10.9 Å². The second-order valence-corrected chi connectivity index (χ2v) is 5.12. The Morgan fingerprint density at radius 1 is 1.62 bits per heavy atom. The van der Waals surface area contributed by atoms with E-state index in [1.165, 1.54) is 4.90 Å². The summed E-state index contributed by atoms with van der Waals surface area (Å²) >= 11 is 0. The summed E-state index contributed by atoms with van der Waals surface area (Å²) in [4.78, 5) is 13.8. The number of H-pyrrole nitrogens is 1.